The smallest absolute Gasteiger partial charge is 0.316 e. The lowest BCUT2D eigenvalue weighted by Gasteiger charge is -2.09. The zero-order valence-corrected chi connectivity index (χ0v) is 8.71. The molecular weight excluding hydrogens is 240 g/mol. The molecule has 0 aliphatic carbocycles. The third-order valence-electron chi connectivity index (χ3n) is 2.13. The Bertz CT molecular complexity index is 446. The molecule has 0 aliphatic rings. The number of carbonyl (C=O) groups is 1. The fourth-order valence-corrected chi connectivity index (χ4v) is 1.23. The zero-order chi connectivity index (χ0) is 13.2. The van der Waals surface area contributed by atoms with Crippen LogP contribution in [0.4, 0.5) is 14.5 Å². The number of nitrogens with zero attached hydrogens (tertiary/aromatic N) is 3. The van der Waals surface area contributed by atoms with Gasteiger partial charge in [-0.1, -0.05) is 6.92 Å². The molecule has 1 N–H and O–H groups in total. The first-order valence-corrected chi connectivity index (χ1v) is 4.55. The fraction of sp³-hybridized carbons (Fsp3) is 0.500. The monoisotopic (exact) mass is 249 g/mol. The van der Waals surface area contributed by atoms with E-state index in [0.717, 1.165) is 0 Å². The van der Waals surface area contributed by atoms with Crippen LogP contribution in [0.25, 0.3) is 0 Å². The van der Waals surface area contributed by atoms with Crippen molar-refractivity contribution in [2.45, 2.75) is 19.9 Å². The number of rotatable bonds is 5. The molecule has 0 saturated heterocycles. The topological polar surface area (TPSA) is 98.3 Å². The largest absolute Gasteiger partial charge is 0.481 e. The summed E-state index contributed by atoms with van der Waals surface area (Å²) in [6.45, 7) is 0.952. The summed E-state index contributed by atoms with van der Waals surface area (Å²) < 4.78 is 25.9. The van der Waals surface area contributed by atoms with E-state index in [1.165, 1.54) is 6.92 Å². The molecule has 0 aromatic carbocycles. The van der Waals surface area contributed by atoms with E-state index in [1.807, 2.05) is 0 Å². The zero-order valence-electron chi connectivity index (χ0n) is 8.71. The quantitative estimate of drug-likeness (QED) is 0.629. The van der Waals surface area contributed by atoms with Gasteiger partial charge in [0.1, 0.15) is 6.20 Å². The summed E-state index contributed by atoms with van der Waals surface area (Å²) in [6.07, 6.45) is -2.39. The van der Waals surface area contributed by atoms with Crippen LogP contribution in [0.15, 0.2) is 6.20 Å². The summed E-state index contributed by atoms with van der Waals surface area (Å²) >= 11 is 0. The second-order valence-electron chi connectivity index (χ2n) is 3.39. The lowest BCUT2D eigenvalue weighted by atomic mass is 10.2. The lowest BCUT2D eigenvalue weighted by molar-refractivity contribution is -0.386. The minimum atomic E-state index is -3.08. The third-order valence-corrected chi connectivity index (χ3v) is 2.13. The number of nitro groups is 1. The van der Waals surface area contributed by atoms with Gasteiger partial charge in [-0.2, -0.15) is 5.10 Å². The minimum Gasteiger partial charge on any atom is -0.481 e. The van der Waals surface area contributed by atoms with E-state index in [0.29, 0.717) is 10.9 Å². The van der Waals surface area contributed by atoms with Gasteiger partial charge in [-0.05, 0) is 0 Å². The first-order valence-electron chi connectivity index (χ1n) is 4.55. The molecule has 9 heteroatoms. The Morgan fingerprint density at radius 2 is 2.29 bits per heavy atom. The standard InChI is InChI=1S/C8H9F2N3O4/c1-4(8(14)15)3-12-6(7(9)10)5(2-11-12)13(16)17/h2,4,7H,3H2,1H3,(H,14,15). The predicted octanol–water partition coefficient (Wildman–Crippen LogP) is 1.45. The minimum absolute atomic E-state index is 0.344. The number of aromatic nitrogens is 2. The molecule has 1 aromatic rings. The number of hydrogen-bond acceptors (Lipinski definition) is 4. The molecule has 1 unspecified atom stereocenters. The summed E-state index contributed by atoms with van der Waals surface area (Å²) in [5.74, 6) is -2.16. The van der Waals surface area contributed by atoms with Crippen LogP contribution >= 0.6 is 0 Å². The lowest BCUT2D eigenvalue weighted by Crippen LogP contribution is -2.19. The Morgan fingerprint density at radius 3 is 2.71 bits per heavy atom. The van der Waals surface area contributed by atoms with Gasteiger partial charge in [0.25, 0.3) is 6.43 Å². The van der Waals surface area contributed by atoms with Gasteiger partial charge in [0.15, 0.2) is 5.69 Å². The molecule has 0 spiro atoms. The first kappa shape index (κ1) is 13.0. The van der Waals surface area contributed by atoms with Gasteiger partial charge in [-0.3, -0.25) is 19.6 Å². The first-order chi connectivity index (χ1) is 7.84. The van der Waals surface area contributed by atoms with E-state index >= 15 is 0 Å². The van der Waals surface area contributed by atoms with Crippen molar-refractivity contribution in [3.05, 3.63) is 22.0 Å². The maximum Gasteiger partial charge on any atom is 0.316 e. The molecule has 94 valence electrons. The van der Waals surface area contributed by atoms with Crippen LogP contribution in [0.5, 0.6) is 0 Å². The van der Waals surface area contributed by atoms with Crippen LogP contribution in [0.2, 0.25) is 0 Å². The van der Waals surface area contributed by atoms with E-state index in [2.05, 4.69) is 5.10 Å². The van der Waals surface area contributed by atoms with E-state index in [-0.39, 0.29) is 6.54 Å². The molecule has 1 atom stereocenters. The number of aliphatic carboxylic acids is 1. The Labute approximate surface area is 93.8 Å². The van der Waals surface area contributed by atoms with E-state index < -0.39 is 34.6 Å². The maximum atomic E-state index is 12.6. The highest BCUT2D eigenvalue weighted by molar-refractivity contribution is 5.69. The molecule has 1 rings (SSSR count). The van der Waals surface area contributed by atoms with Crippen LogP contribution in [0, 0.1) is 16.0 Å². The molecule has 0 aliphatic heterocycles. The molecule has 1 heterocycles. The van der Waals surface area contributed by atoms with E-state index in [4.69, 9.17) is 5.11 Å². The molecule has 0 fully saturated rings. The average molecular weight is 249 g/mol. The van der Waals surface area contributed by atoms with Crippen molar-refractivity contribution < 1.29 is 23.6 Å². The highest BCUT2D eigenvalue weighted by Crippen LogP contribution is 2.28. The van der Waals surface area contributed by atoms with Gasteiger partial charge in [0.05, 0.1) is 17.4 Å². The number of hydrogen-bond donors (Lipinski definition) is 1. The van der Waals surface area contributed by atoms with Gasteiger partial charge in [0, 0.05) is 0 Å². The average Bonchev–Trinajstić information content (AvgIpc) is 2.61. The Morgan fingerprint density at radius 1 is 1.71 bits per heavy atom. The Balaban J connectivity index is 3.08. The highest BCUT2D eigenvalue weighted by atomic mass is 19.3. The maximum absolute atomic E-state index is 12.6. The van der Waals surface area contributed by atoms with Gasteiger partial charge in [0.2, 0.25) is 0 Å². The van der Waals surface area contributed by atoms with Crippen molar-refractivity contribution in [2.75, 3.05) is 0 Å². The Kier molecular flexibility index (Phi) is 3.71. The SMILES string of the molecule is CC(Cn1ncc([N+](=O)[O-])c1C(F)F)C(=O)O. The van der Waals surface area contributed by atoms with E-state index in [9.17, 15) is 23.7 Å². The second kappa shape index (κ2) is 4.85. The van der Waals surface area contributed by atoms with Crippen molar-refractivity contribution in [3.63, 3.8) is 0 Å². The second-order valence-corrected chi connectivity index (χ2v) is 3.39. The molecule has 0 amide bonds. The molecule has 1 aromatic heterocycles. The fourth-order valence-electron chi connectivity index (χ4n) is 1.23. The normalized spacial score (nSPS) is 12.7. The third kappa shape index (κ3) is 2.74. The molecule has 7 nitrogen and oxygen atoms in total. The van der Waals surface area contributed by atoms with Gasteiger partial charge >= 0.3 is 11.7 Å². The van der Waals surface area contributed by atoms with Crippen molar-refractivity contribution in [1.29, 1.82) is 0 Å². The highest BCUT2D eigenvalue weighted by Gasteiger charge is 2.29. The summed E-state index contributed by atoms with van der Waals surface area (Å²) in [4.78, 5) is 20.0. The number of halogens is 2. The molecule has 17 heavy (non-hydrogen) atoms. The number of alkyl halides is 2. The van der Waals surface area contributed by atoms with Crippen molar-refractivity contribution >= 4 is 11.7 Å². The van der Waals surface area contributed by atoms with Crippen molar-refractivity contribution in [2.24, 2.45) is 5.92 Å². The van der Waals surface area contributed by atoms with Crippen molar-refractivity contribution in [1.82, 2.24) is 9.78 Å². The number of carboxylic acid groups (broad SMARTS) is 1. The molecule has 0 saturated carbocycles. The van der Waals surface area contributed by atoms with Crippen LogP contribution < -0.4 is 0 Å². The van der Waals surface area contributed by atoms with Crippen LogP contribution in [0.3, 0.4) is 0 Å². The van der Waals surface area contributed by atoms with Gasteiger partial charge in [-0.25, -0.2) is 8.78 Å². The molecule has 0 bridgehead atoms. The van der Waals surface area contributed by atoms with Crippen LogP contribution in [0.1, 0.15) is 19.0 Å². The summed E-state index contributed by atoms with van der Waals surface area (Å²) in [5.41, 5.74) is -1.68. The molecule has 0 radical (unpaired) electrons. The summed E-state index contributed by atoms with van der Waals surface area (Å²) in [5, 5.41) is 22.5. The van der Waals surface area contributed by atoms with E-state index in [1.54, 1.807) is 0 Å². The molecular formula is C8H9F2N3O4. The van der Waals surface area contributed by atoms with Gasteiger partial charge in [-0.15, -0.1) is 0 Å². The van der Waals surface area contributed by atoms with Gasteiger partial charge < -0.3 is 5.11 Å². The van der Waals surface area contributed by atoms with Crippen LogP contribution in [-0.2, 0) is 11.3 Å². The predicted molar refractivity (Wildman–Crippen MR) is 50.6 cm³/mol. The van der Waals surface area contributed by atoms with Crippen LogP contribution in [-0.4, -0.2) is 25.8 Å². The van der Waals surface area contributed by atoms with Crippen molar-refractivity contribution in [3.8, 4) is 0 Å². The number of carboxylic acids is 1. The Hall–Kier alpha value is -2.06. The summed E-state index contributed by atoms with van der Waals surface area (Å²) in [7, 11) is 0. The summed E-state index contributed by atoms with van der Waals surface area (Å²) in [6, 6.07) is 0.